The highest BCUT2D eigenvalue weighted by molar-refractivity contribution is 9.10. The van der Waals surface area contributed by atoms with E-state index in [-0.39, 0.29) is 18.6 Å². The molecule has 0 aliphatic rings. The van der Waals surface area contributed by atoms with Crippen molar-refractivity contribution in [3.05, 3.63) is 28.2 Å². The van der Waals surface area contributed by atoms with E-state index in [1.54, 1.807) is 0 Å². The first kappa shape index (κ1) is 16.0. The average molecular weight is 328 g/mol. The van der Waals surface area contributed by atoms with Crippen LogP contribution >= 0.6 is 15.9 Å². The Morgan fingerprint density at radius 2 is 2.05 bits per heavy atom. The second kappa shape index (κ2) is 7.53. The predicted molar refractivity (Wildman–Crippen MR) is 81.5 cm³/mol. The van der Waals surface area contributed by atoms with E-state index in [0.717, 1.165) is 10.9 Å². The lowest BCUT2D eigenvalue weighted by Gasteiger charge is -2.17. The van der Waals surface area contributed by atoms with Gasteiger partial charge in [0.05, 0.1) is 4.47 Å². The normalized spacial score (nSPS) is 12.3. The zero-order valence-corrected chi connectivity index (χ0v) is 13.6. The molecule has 3 nitrogen and oxygen atoms in total. The van der Waals surface area contributed by atoms with Crippen LogP contribution in [0.5, 0.6) is 5.75 Å². The SMILES string of the molecule is CCc1ccc(OCC(=O)N[C@@H](C)C(C)C)c(Br)c1. The van der Waals surface area contributed by atoms with Crippen molar-refractivity contribution in [1.82, 2.24) is 5.32 Å². The Morgan fingerprint density at radius 1 is 1.37 bits per heavy atom. The Hall–Kier alpha value is -1.03. The highest BCUT2D eigenvalue weighted by Crippen LogP contribution is 2.26. The molecular weight excluding hydrogens is 306 g/mol. The summed E-state index contributed by atoms with van der Waals surface area (Å²) >= 11 is 3.46. The van der Waals surface area contributed by atoms with Gasteiger partial charge in [-0.3, -0.25) is 4.79 Å². The molecule has 0 aliphatic heterocycles. The summed E-state index contributed by atoms with van der Waals surface area (Å²) in [6.07, 6.45) is 0.977. The lowest BCUT2D eigenvalue weighted by Crippen LogP contribution is -2.38. The quantitative estimate of drug-likeness (QED) is 0.867. The number of carbonyl (C=O) groups is 1. The van der Waals surface area contributed by atoms with Crippen molar-refractivity contribution in [2.24, 2.45) is 5.92 Å². The average Bonchev–Trinajstić information content (AvgIpc) is 2.36. The fourth-order valence-electron chi connectivity index (χ4n) is 1.49. The first-order valence-electron chi connectivity index (χ1n) is 6.64. The molecular formula is C15H22BrNO2. The Morgan fingerprint density at radius 3 is 2.58 bits per heavy atom. The number of hydrogen-bond donors (Lipinski definition) is 1. The number of nitrogens with one attached hydrogen (secondary N) is 1. The molecule has 1 aromatic carbocycles. The number of aryl methyl sites for hydroxylation is 1. The van der Waals surface area contributed by atoms with Gasteiger partial charge >= 0.3 is 0 Å². The summed E-state index contributed by atoms with van der Waals surface area (Å²) in [4.78, 5) is 11.7. The third-order valence-electron chi connectivity index (χ3n) is 3.15. The van der Waals surface area contributed by atoms with Crippen LogP contribution in [0.2, 0.25) is 0 Å². The summed E-state index contributed by atoms with van der Waals surface area (Å²) in [7, 11) is 0. The van der Waals surface area contributed by atoms with E-state index >= 15 is 0 Å². The number of halogens is 1. The standard InChI is InChI=1S/C15H22BrNO2/c1-5-12-6-7-14(13(16)8-12)19-9-15(18)17-11(4)10(2)3/h6-8,10-11H,5,9H2,1-4H3,(H,17,18)/t11-/m0/s1. The van der Waals surface area contributed by atoms with Crippen LogP contribution in [0.25, 0.3) is 0 Å². The van der Waals surface area contributed by atoms with Crippen molar-refractivity contribution < 1.29 is 9.53 Å². The molecule has 0 fully saturated rings. The zero-order chi connectivity index (χ0) is 14.4. The topological polar surface area (TPSA) is 38.3 Å². The molecule has 1 rings (SSSR count). The summed E-state index contributed by atoms with van der Waals surface area (Å²) in [6.45, 7) is 8.29. The Labute approximate surface area is 123 Å². The molecule has 4 heteroatoms. The number of ether oxygens (including phenoxy) is 1. The van der Waals surface area contributed by atoms with E-state index in [1.165, 1.54) is 5.56 Å². The molecule has 0 saturated carbocycles. The third kappa shape index (κ3) is 5.23. The Balaban J connectivity index is 2.50. The van der Waals surface area contributed by atoms with E-state index in [2.05, 4.69) is 42.0 Å². The zero-order valence-electron chi connectivity index (χ0n) is 12.0. The van der Waals surface area contributed by atoms with E-state index in [9.17, 15) is 4.79 Å². The van der Waals surface area contributed by atoms with Gasteiger partial charge in [0.1, 0.15) is 5.75 Å². The largest absolute Gasteiger partial charge is 0.483 e. The highest BCUT2D eigenvalue weighted by atomic mass is 79.9. The lowest BCUT2D eigenvalue weighted by atomic mass is 10.1. The molecule has 1 amide bonds. The summed E-state index contributed by atoms with van der Waals surface area (Å²) in [5.74, 6) is 1.02. The van der Waals surface area contributed by atoms with Crippen molar-refractivity contribution in [2.45, 2.75) is 40.2 Å². The second-order valence-corrected chi connectivity index (χ2v) is 5.86. The minimum Gasteiger partial charge on any atom is -0.483 e. The minimum atomic E-state index is -0.0901. The van der Waals surface area contributed by atoms with Gasteiger partial charge in [-0.05, 0) is 52.9 Å². The summed E-state index contributed by atoms with van der Waals surface area (Å²) in [5.41, 5.74) is 1.23. The van der Waals surface area contributed by atoms with Gasteiger partial charge in [0.25, 0.3) is 5.91 Å². The maximum atomic E-state index is 11.7. The van der Waals surface area contributed by atoms with Crippen LogP contribution in [0, 0.1) is 5.92 Å². The van der Waals surface area contributed by atoms with Crippen molar-refractivity contribution in [1.29, 1.82) is 0 Å². The Bertz CT molecular complexity index is 432. The van der Waals surface area contributed by atoms with Crippen LogP contribution in [-0.2, 0) is 11.2 Å². The number of rotatable bonds is 6. The van der Waals surface area contributed by atoms with E-state index in [1.807, 2.05) is 25.1 Å². The van der Waals surface area contributed by atoms with Crippen LogP contribution in [-0.4, -0.2) is 18.6 Å². The van der Waals surface area contributed by atoms with Crippen LogP contribution in [0.15, 0.2) is 22.7 Å². The van der Waals surface area contributed by atoms with Crippen LogP contribution < -0.4 is 10.1 Å². The molecule has 0 aliphatic carbocycles. The molecule has 1 aromatic rings. The molecule has 0 bridgehead atoms. The first-order chi connectivity index (χ1) is 8.93. The predicted octanol–water partition coefficient (Wildman–Crippen LogP) is 3.55. The van der Waals surface area contributed by atoms with Gasteiger partial charge in [-0.25, -0.2) is 0 Å². The number of carbonyl (C=O) groups excluding carboxylic acids is 1. The van der Waals surface area contributed by atoms with Crippen molar-refractivity contribution >= 4 is 21.8 Å². The van der Waals surface area contributed by atoms with Crippen molar-refractivity contribution in [3.63, 3.8) is 0 Å². The number of amides is 1. The molecule has 0 unspecified atom stereocenters. The Kier molecular flexibility index (Phi) is 6.35. The maximum Gasteiger partial charge on any atom is 0.258 e. The molecule has 19 heavy (non-hydrogen) atoms. The van der Waals surface area contributed by atoms with Gasteiger partial charge in [-0.2, -0.15) is 0 Å². The number of hydrogen-bond acceptors (Lipinski definition) is 2. The highest BCUT2D eigenvalue weighted by Gasteiger charge is 2.11. The lowest BCUT2D eigenvalue weighted by molar-refractivity contribution is -0.124. The fraction of sp³-hybridized carbons (Fsp3) is 0.533. The molecule has 1 N–H and O–H groups in total. The van der Waals surface area contributed by atoms with Gasteiger partial charge in [-0.15, -0.1) is 0 Å². The molecule has 0 radical (unpaired) electrons. The third-order valence-corrected chi connectivity index (χ3v) is 3.77. The van der Waals surface area contributed by atoms with Gasteiger partial charge in [0.15, 0.2) is 6.61 Å². The molecule has 1 atom stereocenters. The van der Waals surface area contributed by atoms with Crippen molar-refractivity contribution in [2.75, 3.05) is 6.61 Å². The molecule has 0 heterocycles. The van der Waals surface area contributed by atoms with Gasteiger partial charge in [-0.1, -0.05) is 26.8 Å². The van der Waals surface area contributed by atoms with Gasteiger partial charge < -0.3 is 10.1 Å². The first-order valence-corrected chi connectivity index (χ1v) is 7.44. The van der Waals surface area contributed by atoms with Crippen molar-refractivity contribution in [3.8, 4) is 5.75 Å². The molecule has 106 valence electrons. The minimum absolute atomic E-state index is 0.0428. The second-order valence-electron chi connectivity index (χ2n) is 5.01. The summed E-state index contributed by atoms with van der Waals surface area (Å²) in [5, 5.41) is 2.91. The molecule has 0 aromatic heterocycles. The van der Waals surface area contributed by atoms with Gasteiger partial charge in [0.2, 0.25) is 0 Å². The van der Waals surface area contributed by atoms with Crippen LogP contribution in [0.1, 0.15) is 33.3 Å². The van der Waals surface area contributed by atoms with E-state index < -0.39 is 0 Å². The monoisotopic (exact) mass is 327 g/mol. The van der Waals surface area contributed by atoms with E-state index in [4.69, 9.17) is 4.74 Å². The van der Waals surface area contributed by atoms with Crippen LogP contribution in [0.3, 0.4) is 0 Å². The molecule has 0 saturated heterocycles. The number of benzene rings is 1. The smallest absolute Gasteiger partial charge is 0.258 e. The maximum absolute atomic E-state index is 11.7. The summed E-state index contributed by atoms with van der Waals surface area (Å²) in [6, 6.07) is 6.07. The molecule has 0 spiro atoms. The van der Waals surface area contributed by atoms with Crippen LogP contribution in [0.4, 0.5) is 0 Å². The fourth-order valence-corrected chi connectivity index (χ4v) is 2.03. The van der Waals surface area contributed by atoms with Gasteiger partial charge in [0, 0.05) is 6.04 Å². The summed E-state index contributed by atoms with van der Waals surface area (Å²) < 4.78 is 6.41. The van der Waals surface area contributed by atoms with E-state index in [0.29, 0.717) is 11.7 Å².